The van der Waals surface area contributed by atoms with E-state index in [2.05, 4.69) is 20.8 Å². The minimum absolute atomic E-state index is 0.514. The van der Waals surface area contributed by atoms with Gasteiger partial charge in [-0.2, -0.15) is 5.10 Å². The van der Waals surface area contributed by atoms with Crippen molar-refractivity contribution < 1.29 is 0 Å². The van der Waals surface area contributed by atoms with Crippen molar-refractivity contribution in [2.24, 2.45) is 5.10 Å². The van der Waals surface area contributed by atoms with Crippen LogP contribution in [0.1, 0.15) is 23.7 Å². The minimum atomic E-state index is 0.514. The third kappa shape index (κ3) is 2.79. The molecule has 1 aromatic heterocycles. The van der Waals surface area contributed by atoms with Crippen molar-refractivity contribution in [2.75, 3.05) is 7.05 Å². The number of nitrogens with zero attached hydrogens (tertiary/aromatic N) is 1. The summed E-state index contributed by atoms with van der Waals surface area (Å²) in [7, 11) is 1.76. The van der Waals surface area contributed by atoms with E-state index in [0.717, 1.165) is 17.0 Å². The van der Waals surface area contributed by atoms with E-state index in [-0.39, 0.29) is 0 Å². The van der Waals surface area contributed by atoms with Crippen LogP contribution in [-0.4, -0.2) is 22.9 Å². The van der Waals surface area contributed by atoms with Crippen LogP contribution in [-0.2, 0) is 0 Å². The molecule has 0 aliphatic rings. The van der Waals surface area contributed by atoms with Crippen molar-refractivity contribution >= 4 is 23.0 Å². The summed E-state index contributed by atoms with van der Waals surface area (Å²) in [5.41, 5.74) is 7.13. The lowest BCUT2D eigenvalue weighted by Crippen LogP contribution is -2.29. The van der Waals surface area contributed by atoms with E-state index in [9.17, 15) is 0 Å². The molecule has 82 valence electrons. The molecule has 0 saturated carbocycles. The Morgan fingerprint density at radius 2 is 2.13 bits per heavy atom. The SMILES string of the molecule is CNC(=S)N/N=C(\C)c1c(C)c[nH]c1C. The van der Waals surface area contributed by atoms with Gasteiger partial charge in [0, 0.05) is 24.5 Å². The zero-order valence-corrected chi connectivity index (χ0v) is 10.2. The maximum Gasteiger partial charge on any atom is 0.186 e. The number of H-pyrrole nitrogens is 1. The fourth-order valence-electron chi connectivity index (χ4n) is 1.46. The Morgan fingerprint density at radius 3 is 2.60 bits per heavy atom. The number of aryl methyl sites for hydroxylation is 2. The summed E-state index contributed by atoms with van der Waals surface area (Å²) in [6.07, 6.45) is 1.97. The molecule has 4 nitrogen and oxygen atoms in total. The number of hydrogen-bond donors (Lipinski definition) is 3. The monoisotopic (exact) mass is 224 g/mol. The zero-order valence-electron chi connectivity index (χ0n) is 9.43. The number of hydrazone groups is 1. The van der Waals surface area contributed by atoms with E-state index < -0.39 is 0 Å². The molecule has 3 N–H and O–H groups in total. The summed E-state index contributed by atoms with van der Waals surface area (Å²) in [6, 6.07) is 0. The Kier molecular flexibility index (Phi) is 3.85. The summed E-state index contributed by atoms with van der Waals surface area (Å²) in [5.74, 6) is 0. The standard InChI is InChI=1S/C10H16N4S/c1-6-5-12-7(2)9(6)8(3)13-14-10(15)11-4/h5,12H,1-4H3,(H2,11,14,15)/b13-8+. The molecule has 0 saturated heterocycles. The minimum Gasteiger partial charge on any atom is -0.364 e. The zero-order chi connectivity index (χ0) is 11.4. The van der Waals surface area contributed by atoms with Crippen LogP contribution < -0.4 is 10.7 Å². The Balaban J connectivity index is 2.84. The number of rotatable bonds is 2. The first kappa shape index (κ1) is 11.7. The van der Waals surface area contributed by atoms with Crippen LogP contribution in [0.5, 0.6) is 0 Å². The first-order chi connectivity index (χ1) is 7.06. The van der Waals surface area contributed by atoms with Crippen LogP contribution in [0.3, 0.4) is 0 Å². The van der Waals surface area contributed by atoms with Gasteiger partial charge in [0.25, 0.3) is 0 Å². The van der Waals surface area contributed by atoms with E-state index in [4.69, 9.17) is 12.2 Å². The first-order valence-electron chi connectivity index (χ1n) is 4.73. The lowest BCUT2D eigenvalue weighted by Gasteiger charge is -2.04. The van der Waals surface area contributed by atoms with Gasteiger partial charge in [0.15, 0.2) is 5.11 Å². The second-order valence-corrected chi connectivity index (χ2v) is 3.77. The average molecular weight is 224 g/mol. The highest BCUT2D eigenvalue weighted by Gasteiger charge is 2.07. The van der Waals surface area contributed by atoms with Crippen LogP contribution >= 0.6 is 12.2 Å². The van der Waals surface area contributed by atoms with Gasteiger partial charge in [-0.1, -0.05) is 0 Å². The molecule has 0 radical (unpaired) electrons. The van der Waals surface area contributed by atoms with Crippen LogP contribution in [0, 0.1) is 13.8 Å². The quantitative estimate of drug-likeness (QED) is 0.405. The molecule has 15 heavy (non-hydrogen) atoms. The summed E-state index contributed by atoms with van der Waals surface area (Å²) in [5, 5.41) is 7.52. The highest BCUT2D eigenvalue weighted by Crippen LogP contribution is 2.12. The van der Waals surface area contributed by atoms with Crippen molar-refractivity contribution in [3.63, 3.8) is 0 Å². The van der Waals surface area contributed by atoms with E-state index in [1.165, 1.54) is 5.56 Å². The normalized spacial score (nSPS) is 11.3. The van der Waals surface area contributed by atoms with Gasteiger partial charge in [-0.25, -0.2) is 0 Å². The van der Waals surface area contributed by atoms with Gasteiger partial charge in [-0.15, -0.1) is 0 Å². The van der Waals surface area contributed by atoms with E-state index in [1.54, 1.807) is 7.05 Å². The molecular weight excluding hydrogens is 208 g/mol. The largest absolute Gasteiger partial charge is 0.364 e. The number of aromatic amines is 1. The highest BCUT2D eigenvalue weighted by atomic mass is 32.1. The van der Waals surface area contributed by atoms with Crippen LogP contribution in [0.4, 0.5) is 0 Å². The van der Waals surface area contributed by atoms with E-state index in [0.29, 0.717) is 5.11 Å². The third-order valence-corrected chi connectivity index (χ3v) is 2.48. The molecule has 0 aliphatic heterocycles. The maximum absolute atomic E-state index is 4.93. The molecule has 1 heterocycles. The Hall–Kier alpha value is -1.36. The van der Waals surface area contributed by atoms with Crippen LogP contribution in [0.2, 0.25) is 0 Å². The smallest absolute Gasteiger partial charge is 0.186 e. The molecule has 1 rings (SSSR count). The second kappa shape index (κ2) is 4.93. The molecule has 0 aromatic carbocycles. The predicted molar refractivity (Wildman–Crippen MR) is 67.3 cm³/mol. The van der Waals surface area contributed by atoms with Gasteiger partial charge in [0.05, 0.1) is 5.71 Å². The summed E-state index contributed by atoms with van der Waals surface area (Å²) in [4.78, 5) is 3.16. The van der Waals surface area contributed by atoms with Crippen molar-refractivity contribution in [1.82, 2.24) is 15.7 Å². The van der Waals surface area contributed by atoms with Crippen molar-refractivity contribution in [2.45, 2.75) is 20.8 Å². The molecule has 0 unspecified atom stereocenters. The van der Waals surface area contributed by atoms with Gasteiger partial charge in [-0.05, 0) is 38.6 Å². The maximum atomic E-state index is 4.93. The van der Waals surface area contributed by atoms with Gasteiger partial charge in [-0.3, -0.25) is 5.43 Å². The van der Waals surface area contributed by atoms with Crippen molar-refractivity contribution in [3.05, 3.63) is 23.0 Å². The van der Waals surface area contributed by atoms with Crippen LogP contribution in [0.15, 0.2) is 11.3 Å². The molecule has 0 spiro atoms. The van der Waals surface area contributed by atoms with Gasteiger partial charge < -0.3 is 10.3 Å². The fourth-order valence-corrected chi connectivity index (χ4v) is 1.51. The number of nitrogens with one attached hydrogen (secondary N) is 3. The number of thiocarbonyl (C=S) groups is 1. The van der Waals surface area contributed by atoms with Gasteiger partial charge >= 0.3 is 0 Å². The first-order valence-corrected chi connectivity index (χ1v) is 5.14. The van der Waals surface area contributed by atoms with E-state index in [1.807, 2.05) is 27.0 Å². The molecule has 0 aliphatic carbocycles. The summed E-state index contributed by atoms with van der Waals surface area (Å²) >= 11 is 4.93. The summed E-state index contributed by atoms with van der Waals surface area (Å²) < 4.78 is 0. The second-order valence-electron chi connectivity index (χ2n) is 3.36. The van der Waals surface area contributed by atoms with Gasteiger partial charge in [0.2, 0.25) is 0 Å². The predicted octanol–water partition coefficient (Wildman–Crippen LogP) is 1.45. The Morgan fingerprint density at radius 1 is 1.47 bits per heavy atom. The Labute approximate surface area is 95.2 Å². The molecule has 0 atom stereocenters. The third-order valence-electron chi connectivity index (χ3n) is 2.19. The lowest BCUT2D eigenvalue weighted by atomic mass is 10.1. The molecule has 5 heteroatoms. The molecule has 0 bridgehead atoms. The van der Waals surface area contributed by atoms with Crippen LogP contribution in [0.25, 0.3) is 0 Å². The number of aromatic nitrogens is 1. The topological polar surface area (TPSA) is 52.2 Å². The van der Waals surface area contributed by atoms with Crippen molar-refractivity contribution in [1.29, 1.82) is 0 Å². The van der Waals surface area contributed by atoms with Crippen molar-refractivity contribution in [3.8, 4) is 0 Å². The molecular formula is C10H16N4S. The summed E-state index contributed by atoms with van der Waals surface area (Å²) in [6.45, 7) is 6.03. The van der Waals surface area contributed by atoms with E-state index >= 15 is 0 Å². The average Bonchev–Trinajstić information content (AvgIpc) is 2.54. The highest BCUT2D eigenvalue weighted by molar-refractivity contribution is 7.80. The lowest BCUT2D eigenvalue weighted by molar-refractivity contribution is 0.973. The molecule has 1 aromatic rings. The Bertz CT molecular complexity index is 373. The van der Waals surface area contributed by atoms with Gasteiger partial charge in [0.1, 0.15) is 0 Å². The molecule has 0 amide bonds. The fraction of sp³-hybridized carbons (Fsp3) is 0.400. The molecule has 0 fully saturated rings. The number of hydrogen-bond acceptors (Lipinski definition) is 2.